The average Bonchev–Trinajstić information content (AvgIpc) is 2.86. The Morgan fingerprint density at radius 3 is 2.64 bits per heavy atom. The van der Waals surface area contributed by atoms with Crippen molar-refractivity contribution in [2.45, 2.75) is 63.6 Å². The molecule has 0 radical (unpaired) electrons. The number of benzene rings is 2. The van der Waals surface area contributed by atoms with Crippen LogP contribution < -0.4 is 16.0 Å². The lowest BCUT2D eigenvalue weighted by atomic mass is 9.76. The van der Waals surface area contributed by atoms with E-state index in [2.05, 4.69) is 29.8 Å². The molecule has 4 atom stereocenters. The Balaban J connectivity index is 1.43. The molecule has 1 saturated heterocycles. The van der Waals surface area contributed by atoms with Crippen LogP contribution in [0.3, 0.4) is 0 Å². The van der Waals surface area contributed by atoms with Gasteiger partial charge >= 0.3 is 12.3 Å². The summed E-state index contributed by atoms with van der Waals surface area (Å²) in [5.74, 6) is -0.0538. The molecule has 0 saturated carbocycles. The fourth-order valence-electron chi connectivity index (χ4n) is 4.93. The number of rotatable bonds is 8. The van der Waals surface area contributed by atoms with Crippen molar-refractivity contribution in [3.05, 3.63) is 65.2 Å². The maximum atomic E-state index is 13.5. The molecule has 2 aliphatic heterocycles. The van der Waals surface area contributed by atoms with Crippen LogP contribution in [0.15, 0.2) is 48.5 Å². The summed E-state index contributed by atoms with van der Waals surface area (Å²) in [7, 11) is 0. The quantitative estimate of drug-likeness (QED) is 0.394. The highest BCUT2D eigenvalue weighted by molar-refractivity contribution is 5.67. The minimum absolute atomic E-state index is 0.0526. The van der Waals surface area contributed by atoms with E-state index in [9.17, 15) is 18.0 Å². The zero-order valence-electron chi connectivity index (χ0n) is 20.6. The van der Waals surface area contributed by atoms with Crippen molar-refractivity contribution in [1.29, 1.82) is 0 Å². The molecule has 6 nitrogen and oxygen atoms in total. The van der Waals surface area contributed by atoms with E-state index in [4.69, 9.17) is 9.47 Å². The van der Waals surface area contributed by atoms with E-state index < -0.39 is 30.0 Å². The Kier molecular flexibility index (Phi) is 8.41. The number of amides is 1. The highest BCUT2D eigenvalue weighted by Gasteiger charge is 2.43. The van der Waals surface area contributed by atoms with Gasteiger partial charge in [0.2, 0.25) is 0 Å². The lowest BCUT2D eigenvalue weighted by molar-refractivity contribution is -0.138. The van der Waals surface area contributed by atoms with Crippen molar-refractivity contribution in [1.82, 2.24) is 10.6 Å². The van der Waals surface area contributed by atoms with Crippen LogP contribution in [0.2, 0.25) is 0 Å². The van der Waals surface area contributed by atoms with E-state index in [1.54, 1.807) is 0 Å². The van der Waals surface area contributed by atoms with Crippen LogP contribution in [0.4, 0.5) is 23.7 Å². The van der Waals surface area contributed by atoms with Gasteiger partial charge in [-0.25, -0.2) is 4.79 Å². The molecule has 9 heteroatoms. The first-order valence-electron chi connectivity index (χ1n) is 12.5. The van der Waals surface area contributed by atoms with E-state index in [1.165, 1.54) is 12.1 Å². The molecule has 0 spiro atoms. The summed E-state index contributed by atoms with van der Waals surface area (Å²) in [4.78, 5) is 12.1. The maximum absolute atomic E-state index is 13.5. The van der Waals surface area contributed by atoms with Crippen LogP contribution in [-0.4, -0.2) is 37.9 Å². The predicted molar refractivity (Wildman–Crippen MR) is 132 cm³/mol. The standard InChI is InChI=1S/C27H34F3N3O3/c1-17(2)31-13-6-14-32-26(34)35-16-20-10-11-21-24(18-7-4-3-5-8-18)33-23-12-9-19(27(28,29)30)15-22(23)25(21)36-20/h3-5,7-9,12,15,17,20-21,24-25,31,33H,6,10-11,13-14,16H2,1-2H3,(H,32,34)/t20-,21+,24+,25+/m1/s1. The summed E-state index contributed by atoms with van der Waals surface area (Å²) in [6.45, 7) is 5.46. The van der Waals surface area contributed by atoms with Gasteiger partial charge in [0.05, 0.1) is 23.8 Å². The van der Waals surface area contributed by atoms with Crippen LogP contribution in [0, 0.1) is 5.92 Å². The SMILES string of the molecule is CC(C)NCCCNC(=O)OC[C@H]1CC[C@@H]2[C@H](O1)c1cc(C(F)(F)F)ccc1N[C@H]2c1ccccc1. The Labute approximate surface area is 209 Å². The molecular formula is C27H34F3N3O3. The summed E-state index contributed by atoms with van der Waals surface area (Å²) >= 11 is 0. The van der Waals surface area contributed by atoms with Crippen molar-refractivity contribution in [2.24, 2.45) is 5.92 Å². The lowest BCUT2D eigenvalue weighted by Gasteiger charge is -2.45. The first-order chi connectivity index (χ1) is 17.2. The van der Waals surface area contributed by atoms with Gasteiger partial charge in [-0.05, 0) is 49.6 Å². The molecule has 2 aliphatic rings. The second kappa shape index (κ2) is 11.5. The minimum atomic E-state index is -4.44. The van der Waals surface area contributed by atoms with Crippen LogP contribution in [0.5, 0.6) is 0 Å². The summed E-state index contributed by atoms with van der Waals surface area (Å²) in [5, 5.41) is 9.46. The molecule has 0 bridgehead atoms. The Hall–Kier alpha value is -2.78. The number of alkyl halides is 3. The molecule has 2 aromatic rings. The Morgan fingerprint density at radius 2 is 1.92 bits per heavy atom. The van der Waals surface area contributed by atoms with Gasteiger partial charge in [0.15, 0.2) is 0 Å². The number of halogens is 3. The number of carbonyl (C=O) groups is 1. The Bertz CT molecular complexity index is 1020. The fraction of sp³-hybridized carbons (Fsp3) is 0.519. The summed E-state index contributed by atoms with van der Waals surface area (Å²) < 4.78 is 52.1. The van der Waals surface area contributed by atoms with E-state index in [0.717, 1.165) is 31.0 Å². The number of hydrogen-bond donors (Lipinski definition) is 3. The number of carbonyl (C=O) groups excluding carboxylic acids is 1. The van der Waals surface area contributed by atoms with Gasteiger partial charge in [0, 0.05) is 29.8 Å². The van der Waals surface area contributed by atoms with Gasteiger partial charge in [-0.15, -0.1) is 0 Å². The van der Waals surface area contributed by atoms with E-state index >= 15 is 0 Å². The first kappa shape index (κ1) is 26.3. The minimum Gasteiger partial charge on any atom is -0.447 e. The highest BCUT2D eigenvalue weighted by atomic mass is 19.4. The van der Waals surface area contributed by atoms with Crippen LogP contribution in [0.25, 0.3) is 0 Å². The second-order valence-electron chi connectivity index (χ2n) is 9.74. The van der Waals surface area contributed by atoms with Crippen molar-refractivity contribution in [2.75, 3.05) is 25.0 Å². The maximum Gasteiger partial charge on any atom is 0.416 e. The largest absolute Gasteiger partial charge is 0.447 e. The summed E-state index contributed by atoms with van der Waals surface area (Å²) in [6, 6.07) is 13.9. The third-order valence-electron chi connectivity index (χ3n) is 6.71. The number of anilines is 1. The van der Waals surface area contributed by atoms with E-state index in [0.29, 0.717) is 30.3 Å². The van der Waals surface area contributed by atoms with Crippen LogP contribution in [0.1, 0.15) is 61.9 Å². The lowest BCUT2D eigenvalue weighted by Crippen LogP contribution is -2.41. The molecule has 36 heavy (non-hydrogen) atoms. The van der Waals surface area contributed by atoms with Crippen molar-refractivity contribution in [3.8, 4) is 0 Å². The fourth-order valence-corrected chi connectivity index (χ4v) is 4.93. The zero-order chi connectivity index (χ0) is 25.7. The highest BCUT2D eigenvalue weighted by Crippen LogP contribution is 2.51. The van der Waals surface area contributed by atoms with E-state index in [-0.39, 0.29) is 18.6 Å². The van der Waals surface area contributed by atoms with Crippen molar-refractivity contribution < 1.29 is 27.4 Å². The molecule has 4 rings (SSSR count). The molecule has 0 aromatic heterocycles. The van der Waals surface area contributed by atoms with E-state index in [1.807, 2.05) is 30.3 Å². The molecule has 1 amide bonds. The molecule has 0 unspecified atom stereocenters. The topological polar surface area (TPSA) is 71.6 Å². The predicted octanol–water partition coefficient (Wildman–Crippen LogP) is 5.82. The molecule has 196 valence electrons. The Morgan fingerprint density at radius 1 is 1.14 bits per heavy atom. The molecule has 2 aromatic carbocycles. The van der Waals surface area contributed by atoms with Gasteiger partial charge in [0.1, 0.15) is 6.61 Å². The summed E-state index contributed by atoms with van der Waals surface area (Å²) in [6.07, 6.45) is -3.74. The second-order valence-corrected chi connectivity index (χ2v) is 9.74. The number of alkyl carbamates (subject to hydrolysis) is 1. The molecular weight excluding hydrogens is 471 g/mol. The summed E-state index contributed by atoms with van der Waals surface area (Å²) in [5.41, 5.74) is 1.48. The van der Waals surface area contributed by atoms with Gasteiger partial charge in [-0.3, -0.25) is 0 Å². The van der Waals surface area contributed by atoms with Crippen LogP contribution >= 0.6 is 0 Å². The molecule has 3 N–H and O–H groups in total. The van der Waals surface area contributed by atoms with Gasteiger partial charge in [-0.1, -0.05) is 44.2 Å². The van der Waals surface area contributed by atoms with Crippen LogP contribution in [-0.2, 0) is 15.7 Å². The molecule has 0 aliphatic carbocycles. The third kappa shape index (κ3) is 6.50. The monoisotopic (exact) mass is 505 g/mol. The number of hydrogen-bond acceptors (Lipinski definition) is 5. The van der Waals surface area contributed by atoms with Crippen molar-refractivity contribution >= 4 is 11.8 Å². The molecule has 1 fully saturated rings. The number of ether oxygens (including phenoxy) is 2. The number of nitrogens with one attached hydrogen (secondary N) is 3. The smallest absolute Gasteiger partial charge is 0.416 e. The van der Waals surface area contributed by atoms with Gasteiger partial charge in [0.25, 0.3) is 0 Å². The zero-order valence-corrected chi connectivity index (χ0v) is 20.6. The molecule has 2 heterocycles. The number of fused-ring (bicyclic) bond motifs is 3. The van der Waals surface area contributed by atoms with Gasteiger partial charge in [-0.2, -0.15) is 13.2 Å². The first-order valence-corrected chi connectivity index (χ1v) is 12.5. The van der Waals surface area contributed by atoms with Crippen molar-refractivity contribution in [3.63, 3.8) is 0 Å². The average molecular weight is 506 g/mol. The van der Waals surface area contributed by atoms with Gasteiger partial charge < -0.3 is 25.4 Å². The third-order valence-corrected chi connectivity index (χ3v) is 6.71. The normalized spacial score (nSPS) is 23.4.